The Bertz CT molecular complexity index is 543. The Balaban J connectivity index is 2.08. The summed E-state index contributed by atoms with van der Waals surface area (Å²) < 4.78 is 24.5. The molecule has 0 saturated carbocycles. The predicted molar refractivity (Wildman–Crippen MR) is 71.4 cm³/mol. The molecule has 2 nitrogen and oxygen atoms in total. The first kappa shape index (κ1) is 12.9. The van der Waals surface area contributed by atoms with Crippen molar-refractivity contribution in [1.82, 2.24) is 0 Å². The molecule has 0 aliphatic rings. The van der Waals surface area contributed by atoms with Crippen molar-refractivity contribution in [3.8, 4) is 11.5 Å². The summed E-state index contributed by atoms with van der Waals surface area (Å²) >= 11 is 3.32. The van der Waals surface area contributed by atoms with Crippen molar-refractivity contribution < 1.29 is 13.9 Å². The molecule has 0 saturated heterocycles. The van der Waals surface area contributed by atoms with Crippen molar-refractivity contribution >= 4 is 15.9 Å². The van der Waals surface area contributed by atoms with Crippen molar-refractivity contribution in [3.63, 3.8) is 0 Å². The number of methoxy groups -OCH3 is 1. The summed E-state index contributed by atoms with van der Waals surface area (Å²) in [6, 6.07) is 11.9. The predicted octanol–water partition coefficient (Wildman–Crippen LogP) is 4.18. The molecule has 0 bridgehead atoms. The van der Waals surface area contributed by atoms with E-state index >= 15 is 0 Å². The highest BCUT2D eigenvalue weighted by molar-refractivity contribution is 9.10. The van der Waals surface area contributed by atoms with Crippen LogP contribution in [0.3, 0.4) is 0 Å². The Hall–Kier alpha value is -1.55. The molecule has 0 aliphatic heterocycles. The van der Waals surface area contributed by atoms with Gasteiger partial charge in [0.1, 0.15) is 23.9 Å². The lowest BCUT2D eigenvalue weighted by molar-refractivity contribution is 0.301. The Morgan fingerprint density at radius 3 is 2.78 bits per heavy atom. The molecule has 94 valence electrons. The Morgan fingerprint density at radius 1 is 1.17 bits per heavy atom. The minimum atomic E-state index is -0.321. The number of halogens is 2. The highest BCUT2D eigenvalue weighted by Crippen LogP contribution is 2.26. The van der Waals surface area contributed by atoms with Crippen LogP contribution < -0.4 is 9.47 Å². The lowest BCUT2D eigenvalue weighted by atomic mass is 10.2. The molecule has 0 N–H and O–H groups in total. The van der Waals surface area contributed by atoms with E-state index in [1.54, 1.807) is 13.2 Å². The van der Waals surface area contributed by atoms with Crippen LogP contribution in [-0.2, 0) is 6.61 Å². The number of ether oxygens (including phenoxy) is 2. The lowest BCUT2D eigenvalue weighted by Gasteiger charge is -2.09. The van der Waals surface area contributed by atoms with Crippen molar-refractivity contribution in [1.29, 1.82) is 0 Å². The van der Waals surface area contributed by atoms with Gasteiger partial charge in [-0.1, -0.05) is 12.1 Å². The lowest BCUT2D eigenvalue weighted by Crippen LogP contribution is -1.97. The van der Waals surface area contributed by atoms with Crippen molar-refractivity contribution in [2.45, 2.75) is 6.61 Å². The molecule has 4 heteroatoms. The maximum Gasteiger partial charge on any atom is 0.136 e. The van der Waals surface area contributed by atoms with Crippen molar-refractivity contribution in [3.05, 3.63) is 58.3 Å². The van der Waals surface area contributed by atoms with Crippen LogP contribution in [-0.4, -0.2) is 7.11 Å². The van der Waals surface area contributed by atoms with Crippen molar-refractivity contribution in [2.75, 3.05) is 7.11 Å². The molecule has 0 fully saturated rings. The first-order valence-corrected chi connectivity index (χ1v) is 6.19. The summed E-state index contributed by atoms with van der Waals surface area (Å²) in [5, 5.41) is 0. The van der Waals surface area contributed by atoms with E-state index in [4.69, 9.17) is 9.47 Å². The second-order valence-electron chi connectivity index (χ2n) is 3.71. The van der Waals surface area contributed by atoms with Crippen molar-refractivity contribution in [2.24, 2.45) is 0 Å². The fraction of sp³-hybridized carbons (Fsp3) is 0.143. The quantitative estimate of drug-likeness (QED) is 0.843. The Morgan fingerprint density at radius 2 is 2.00 bits per heavy atom. The minimum absolute atomic E-state index is 0.321. The van der Waals surface area contributed by atoms with Crippen LogP contribution in [0.1, 0.15) is 5.56 Å². The first-order valence-electron chi connectivity index (χ1n) is 5.40. The zero-order valence-corrected chi connectivity index (χ0v) is 11.4. The molecule has 2 aromatic carbocycles. The molecule has 18 heavy (non-hydrogen) atoms. The average Bonchev–Trinajstić information content (AvgIpc) is 2.40. The largest absolute Gasteiger partial charge is 0.497 e. The van der Waals surface area contributed by atoms with Crippen LogP contribution in [0.4, 0.5) is 4.39 Å². The summed E-state index contributed by atoms with van der Waals surface area (Å²) in [4.78, 5) is 0. The molecule has 0 atom stereocenters. The number of hydrogen-bond acceptors (Lipinski definition) is 2. The van der Waals surface area contributed by atoms with Gasteiger partial charge in [0.15, 0.2) is 0 Å². The summed E-state index contributed by atoms with van der Waals surface area (Å²) in [6.07, 6.45) is 0. The molecule has 0 aliphatic carbocycles. The molecule has 0 aromatic heterocycles. The van der Waals surface area contributed by atoms with Crippen LogP contribution in [0.5, 0.6) is 11.5 Å². The van der Waals surface area contributed by atoms with Gasteiger partial charge in [-0.05, 0) is 45.8 Å². The van der Waals surface area contributed by atoms with E-state index in [1.165, 1.54) is 12.1 Å². The van der Waals surface area contributed by atoms with Gasteiger partial charge in [-0.25, -0.2) is 4.39 Å². The smallest absolute Gasteiger partial charge is 0.136 e. The van der Waals surface area contributed by atoms with Gasteiger partial charge in [-0.3, -0.25) is 0 Å². The van der Waals surface area contributed by atoms with E-state index in [2.05, 4.69) is 15.9 Å². The molecular weight excluding hydrogens is 299 g/mol. The monoisotopic (exact) mass is 310 g/mol. The fourth-order valence-electron chi connectivity index (χ4n) is 1.51. The molecule has 2 aromatic rings. The van der Waals surface area contributed by atoms with Crippen LogP contribution in [0, 0.1) is 5.82 Å². The van der Waals surface area contributed by atoms with Crippen LogP contribution >= 0.6 is 15.9 Å². The van der Waals surface area contributed by atoms with E-state index in [1.807, 2.05) is 24.3 Å². The van der Waals surface area contributed by atoms with E-state index in [0.29, 0.717) is 12.4 Å². The second kappa shape index (κ2) is 5.87. The Kier molecular flexibility index (Phi) is 4.20. The van der Waals surface area contributed by atoms with E-state index in [-0.39, 0.29) is 5.82 Å². The first-order chi connectivity index (χ1) is 8.69. The summed E-state index contributed by atoms with van der Waals surface area (Å²) in [5.74, 6) is 0.936. The SMILES string of the molecule is COc1cccc(COc2cc(F)ccc2Br)c1. The number of benzene rings is 2. The molecule has 0 amide bonds. The van der Waals surface area contributed by atoms with E-state index in [0.717, 1.165) is 15.8 Å². The van der Waals surface area contributed by atoms with Gasteiger partial charge in [0.25, 0.3) is 0 Å². The fourth-order valence-corrected chi connectivity index (χ4v) is 1.87. The Labute approximate surface area is 113 Å². The van der Waals surface area contributed by atoms with Gasteiger partial charge in [0.05, 0.1) is 11.6 Å². The highest BCUT2D eigenvalue weighted by Gasteiger charge is 2.04. The third-order valence-corrected chi connectivity index (χ3v) is 3.08. The third-order valence-electron chi connectivity index (χ3n) is 2.42. The van der Waals surface area contributed by atoms with Crippen LogP contribution in [0.15, 0.2) is 46.9 Å². The molecule has 0 heterocycles. The van der Waals surface area contributed by atoms with Gasteiger partial charge in [0.2, 0.25) is 0 Å². The summed E-state index contributed by atoms with van der Waals surface area (Å²) in [7, 11) is 1.61. The maximum atomic E-state index is 13.1. The second-order valence-corrected chi connectivity index (χ2v) is 4.57. The maximum absolute atomic E-state index is 13.1. The third kappa shape index (κ3) is 3.23. The van der Waals surface area contributed by atoms with Gasteiger partial charge in [0, 0.05) is 6.07 Å². The summed E-state index contributed by atoms with van der Waals surface area (Å²) in [5.41, 5.74) is 0.963. The molecule has 0 spiro atoms. The molecule has 2 rings (SSSR count). The zero-order chi connectivity index (χ0) is 13.0. The van der Waals surface area contributed by atoms with Crippen LogP contribution in [0.25, 0.3) is 0 Å². The number of hydrogen-bond donors (Lipinski definition) is 0. The topological polar surface area (TPSA) is 18.5 Å². The molecule has 0 unspecified atom stereocenters. The van der Waals surface area contributed by atoms with Gasteiger partial charge in [-0.2, -0.15) is 0 Å². The van der Waals surface area contributed by atoms with Gasteiger partial charge >= 0.3 is 0 Å². The summed E-state index contributed by atoms with van der Waals surface area (Å²) in [6.45, 7) is 0.360. The zero-order valence-electron chi connectivity index (χ0n) is 9.82. The van der Waals surface area contributed by atoms with E-state index < -0.39 is 0 Å². The van der Waals surface area contributed by atoms with Crippen LogP contribution in [0.2, 0.25) is 0 Å². The molecular formula is C14H12BrFO2. The number of rotatable bonds is 4. The normalized spacial score (nSPS) is 10.2. The minimum Gasteiger partial charge on any atom is -0.497 e. The van der Waals surface area contributed by atoms with Gasteiger partial charge < -0.3 is 9.47 Å². The van der Waals surface area contributed by atoms with Gasteiger partial charge in [-0.15, -0.1) is 0 Å². The van der Waals surface area contributed by atoms with E-state index in [9.17, 15) is 4.39 Å². The molecule has 0 radical (unpaired) electrons. The standard InChI is InChI=1S/C14H12BrFO2/c1-17-12-4-2-3-10(7-12)9-18-14-8-11(16)5-6-13(14)15/h2-8H,9H2,1H3. The average molecular weight is 311 g/mol. The highest BCUT2D eigenvalue weighted by atomic mass is 79.9.